The maximum atomic E-state index is 13.8. The van der Waals surface area contributed by atoms with Gasteiger partial charge in [0.15, 0.2) is 0 Å². The van der Waals surface area contributed by atoms with Crippen molar-refractivity contribution in [1.29, 1.82) is 0 Å². The molecule has 38 heavy (non-hydrogen) atoms. The van der Waals surface area contributed by atoms with Gasteiger partial charge in [0.25, 0.3) is 11.1 Å². The van der Waals surface area contributed by atoms with Gasteiger partial charge in [-0.1, -0.05) is 35.9 Å². The van der Waals surface area contributed by atoms with Crippen molar-refractivity contribution in [3.05, 3.63) is 105 Å². The highest BCUT2D eigenvalue weighted by atomic mass is 35.5. The van der Waals surface area contributed by atoms with E-state index in [9.17, 15) is 27.6 Å². The van der Waals surface area contributed by atoms with Crippen molar-refractivity contribution in [2.24, 2.45) is 0 Å². The Morgan fingerprint density at radius 1 is 1.00 bits per heavy atom. The number of para-hydroxylation sites is 1. The first-order valence-corrected chi connectivity index (χ1v) is 12.4. The Morgan fingerprint density at radius 2 is 1.74 bits per heavy atom. The number of rotatable bonds is 6. The van der Waals surface area contributed by atoms with E-state index in [2.05, 4.69) is 5.32 Å². The van der Waals surface area contributed by atoms with Crippen LogP contribution < -0.4 is 5.32 Å². The summed E-state index contributed by atoms with van der Waals surface area (Å²) in [6.45, 7) is -0.293. The Kier molecular flexibility index (Phi) is 7.00. The normalized spacial score (nSPS) is 14.6. The SMILES string of the molecule is O=C(CN1C(=O)S/C(=C\c2cn(Cc3ccc(F)cc3Cl)c3ccccc23)C1=O)Nc1ccc(F)cc1F. The molecule has 0 saturated carbocycles. The first kappa shape index (κ1) is 25.6. The lowest BCUT2D eigenvalue weighted by Crippen LogP contribution is -2.36. The van der Waals surface area contributed by atoms with E-state index in [-0.39, 0.29) is 15.6 Å². The van der Waals surface area contributed by atoms with Crippen molar-refractivity contribution >= 4 is 63.1 Å². The fourth-order valence-corrected chi connectivity index (χ4v) is 5.11. The number of carbonyl (C=O) groups excluding carboxylic acids is 3. The quantitative estimate of drug-likeness (QED) is 0.278. The molecule has 0 spiro atoms. The number of fused-ring (bicyclic) bond motifs is 1. The van der Waals surface area contributed by atoms with Gasteiger partial charge in [-0.15, -0.1) is 0 Å². The van der Waals surface area contributed by atoms with Gasteiger partial charge in [0.1, 0.15) is 24.0 Å². The molecule has 1 aromatic heterocycles. The first-order valence-electron chi connectivity index (χ1n) is 11.2. The van der Waals surface area contributed by atoms with Crippen LogP contribution in [0.3, 0.4) is 0 Å². The lowest BCUT2D eigenvalue weighted by Gasteiger charge is -2.12. The Labute approximate surface area is 223 Å². The van der Waals surface area contributed by atoms with Gasteiger partial charge in [-0.2, -0.15) is 0 Å². The van der Waals surface area contributed by atoms with Crippen LogP contribution in [0.15, 0.2) is 71.8 Å². The average molecular weight is 556 g/mol. The molecular weight excluding hydrogens is 539 g/mol. The summed E-state index contributed by atoms with van der Waals surface area (Å²) in [7, 11) is 0. The number of imide groups is 1. The summed E-state index contributed by atoms with van der Waals surface area (Å²) in [5.74, 6) is -3.71. The third-order valence-electron chi connectivity index (χ3n) is 5.84. The minimum Gasteiger partial charge on any atom is -0.342 e. The predicted octanol–water partition coefficient (Wildman–Crippen LogP) is 6.44. The number of thioether (sulfide) groups is 1. The molecular formula is C27H17ClF3N3O3S. The van der Waals surface area contributed by atoms with Gasteiger partial charge in [0.05, 0.1) is 10.6 Å². The number of carbonyl (C=O) groups is 3. The molecule has 0 atom stereocenters. The lowest BCUT2D eigenvalue weighted by atomic mass is 10.1. The molecule has 1 aliphatic heterocycles. The van der Waals surface area contributed by atoms with Crippen LogP contribution in [0.2, 0.25) is 5.02 Å². The van der Waals surface area contributed by atoms with Gasteiger partial charge >= 0.3 is 0 Å². The number of anilines is 1. The number of amides is 3. The molecule has 3 aromatic carbocycles. The molecule has 5 rings (SSSR count). The van der Waals surface area contributed by atoms with Crippen molar-refractivity contribution in [2.75, 3.05) is 11.9 Å². The van der Waals surface area contributed by atoms with Gasteiger partial charge in [-0.3, -0.25) is 19.3 Å². The second kappa shape index (κ2) is 10.4. The van der Waals surface area contributed by atoms with E-state index < -0.39 is 41.0 Å². The summed E-state index contributed by atoms with van der Waals surface area (Å²) in [6.07, 6.45) is 3.36. The molecule has 6 nitrogen and oxygen atoms in total. The zero-order chi connectivity index (χ0) is 27.0. The van der Waals surface area contributed by atoms with E-state index in [1.165, 1.54) is 12.1 Å². The lowest BCUT2D eigenvalue weighted by molar-refractivity contribution is -0.127. The Bertz CT molecular complexity index is 1650. The van der Waals surface area contributed by atoms with Crippen molar-refractivity contribution in [3.8, 4) is 0 Å². The summed E-state index contributed by atoms with van der Waals surface area (Å²) in [5.41, 5.74) is 1.92. The number of nitrogens with zero attached hydrogens (tertiary/aromatic N) is 2. The van der Waals surface area contributed by atoms with E-state index >= 15 is 0 Å². The van der Waals surface area contributed by atoms with Crippen molar-refractivity contribution < 1.29 is 27.6 Å². The van der Waals surface area contributed by atoms with Gasteiger partial charge in [0, 0.05) is 40.3 Å². The summed E-state index contributed by atoms with van der Waals surface area (Å²) >= 11 is 6.89. The summed E-state index contributed by atoms with van der Waals surface area (Å²) in [5, 5.41) is 2.67. The molecule has 4 aromatic rings. The van der Waals surface area contributed by atoms with Gasteiger partial charge in [-0.05, 0) is 53.7 Å². The molecule has 1 N–H and O–H groups in total. The Morgan fingerprint density at radius 3 is 2.50 bits per heavy atom. The summed E-state index contributed by atoms with van der Waals surface area (Å²) < 4.78 is 42.3. The highest BCUT2D eigenvalue weighted by Gasteiger charge is 2.36. The smallest absolute Gasteiger partial charge is 0.294 e. The molecule has 1 fully saturated rings. The van der Waals surface area contributed by atoms with Crippen LogP contribution in [-0.4, -0.2) is 33.1 Å². The highest BCUT2D eigenvalue weighted by Crippen LogP contribution is 2.34. The largest absolute Gasteiger partial charge is 0.342 e. The second-order valence-electron chi connectivity index (χ2n) is 8.41. The molecule has 0 unspecified atom stereocenters. The molecule has 0 radical (unpaired) electrons. The van der Waals surface area contributed by atoms with Crippen LogP contribution in [0, 0.1) is 17.5 Å². The van der Waals surface area contributed by atoms with Gasteiger partial charge < -0.3 is 9.88 Å². The Balaban J connectivity index is 1.38. The maximum absolute atomic E-state index is 13.8. The van der Waals surface area contributed by atoms with Crippen LogP contribution in [-0.2, 0) is 16.1 Å². The van der Waals surface area contributed by atoms with Crippen LogP contribution in [0.25, 0.3) is 17.0 Å². The molecule has 11 heteroatoms. The van der Waals surface area contributed by atoms with E-state index in [1.807, 2.05) is 28.8 Å². The number of halogens is 4. The van der Waals surface area contributed by atoms with E-state index in [4.69, 9.17) is 11.6 Å². The van der Waals surface area contributed by atoms with Crippen LogP contribution in [0.1, 0.15) is 11.1 Å². The van der Waals surface area contributed by atoms with Crippen LogP contribution in [0.4, 0.5) is 23.7 Å². The number of hydrogen-bond acceptors (Lipinski definition) is 4. The van der Waals surface area contributed by atoms with Crippen molar-refractivity contribution in [1.82, 2.24) is 9.47 Å². The fourth-order valence-electron chi connectivity index (χ4n) is 4.06. The zero-order valence-corrected chi connectivity index (χ0v) is 21.0. The summed E-state index contributed by atoms with van der Waals surface area (Å²) in [6, 6.07) is 14.2. The third kappa shape index (κ3) is 5.18. The zero-order valence-electron chi connectivity index (χ0n) is 19.4. The number of aromatic nitrogens is 1. The minimum atomic E-state index is -0.981. The maximum Gasteiger partial charge on any atom is 0.294 e. The topological polar surface area (TPSA) is 71.4 Å². The second-order valence-corrected chi connectivity index (χ2v) is 9.81. The third-order valence-corrected chi connectivity index (χ3v) is 7.10. The Hall–Kier alpha value is -4.02. The number of nitrogens with one attached hydrogen (secondary N) is 1. The number of hydrogen-bond donors (Lipinski definition) is 1. The van der Waals surface area contributed by atoms with Crippen molar-refractivity contribution in [2.45, 2.75) is 6.54 Å². The molecule has 0 bridgehead atoms. The van der Waals surface area contributed by atoms with E-state index in [1.54, 1.807) is 18.3 Å². The average Bonchev–Trinajstić information content (AvgIpc) is 3.34. The monoisotopic (exact) mass is 555 g/mol. The molecule has 192 valence electrons. The molecule has 1 aliphatic rings. The predicted molar refractivity (Wildman–Crippen MR) is 140 cm³/mol. The van der Waals surface area contributed by atoms with Gasteiger partial charge in [0.2, 0.25) is 5.91 Å². The van der Waals surface area contributed by atoms with E-state index in [0.29, 0.717) is 35.5 Å². The van der Waals surface area contributed by atoms with Crippen LogP contribution in [0.5, 0.6) is 0 Å². The summed E-state index contributed by atoms with van der Waals surface area (Å²) in [4.78, 5) is 38.8. The molecule has 1 saturated heterocycles. The van der Waals surface area contributed by atoms with Crippen molar-refractivity contribution in [3.63, 3.8) is 0 Å². The molecule has 0 aliphatic carbocycles. The highest BCUT2D eigenvalue weighted by molar-refractivity contribution is 8.18. The van der Waals surface area contributed by atoms with Gasteiger partial charge in [-0.25, -0.2) is 13.2 Å². The fraction of sp³-hybridized carbons (Fsp3) is 0.0741. The van der Waals surface area contributed by atoms with E-state index in [0.717, 1.165) is 27.9 Å². The first-order chi connectivity index (χ1) is 18.2. The minimum absolute atomic E-state index is 0.110. The van der Waals surface area contributed by atoms with Crippen LogP contribution >= 0.6 is 23.4 Å². The number of benzene rings is 3. The standard InChI is InChI=1S/C27H17ClF3N3O3S/c28-20-10-17(29)6-5-15(20)12-33-13-16(19-3-1-2-4-23(19)33)9-24-26(36)34(27(37)38-24)14-25(35)32-22-8-7-18(30)11-21(22)31/h1-11,13H,12,14H2,(H,32,35)/b24-9-. The molecule has 3 amide bonds. The molecule has 2 heterocycles.